The molecule has 37 heavy (non-hydrogen) atoms. The van der Waals surface area contributed by atoms with Crippen LogP contribution < -0.4 is 4.72 Å². The van der Waals surface area contributed by atoms with Crippen LogP contribution in [0.1, 0.15) is 30.1 Å². The van der Waals surface area contributed by atoms with Crippen LogP contribution in [0.15, 0.2) is 89.5 Å². The van der Waals surface area contributed by atoms with Crippen molar-refractivity contribution in [1.29, 1.82) is 0 Å². The number of pyridine rings is 1. The molecule has 1 atom stereocenters. The van der Waals surface area contributed by atoms with Crippen LogP contribution in [-0.2, 0) is 10.0 Å². The minimum absolute atomic E-state index is 0.0279. The highest BCUT2D eigenvalue weighted by Crippen LogP contribution is 2.24. The maximum absolute atomic E-state index is 13.2. The summed E-state index contributed by atoms with van der Waals surface area (Å²) in [6.07, 6.45) is 10.4. The fourth-order valence-corrected chi connectivity index (χ4v) is 6.22. The summed E-state index contributed by atoms with van der Waals surface area (Å²) in [4.78, 5) is 21.9. The average Bonchev–Trinajstić information content (AvgIpc) is 3.14. The Balaban J connectivity index is 1.22. The second kappa shape index (κ2) is 10.9. The van der Waals surface area contributed by atoms with Crippen LogP contribution in [0.4, 0.5) is 5.69 Å². The zero-order chi connectivity index (χ0) is 25.8. The number of nitrogens with one attached hydrogen (secondary N) is 1. The molecule has 1 amide bonds. The van der Waals surface area contributed by atoms with Gasteiger partial charge in [-0.2, -0.15) is 0 Å². The maximum atomic E-state index is 13.2. The smallest absolute Gasteiger partial charge is 0.264 e. The predicted molar refractivity (Wildman–Crippen MR) is 147 cm³/mol. The first kappa shape index (κ1) is 25.2. The fraction of sp³-hybridized carbons (Fsp3) is 0.310. The highest BCUT2D eigenvalue weighted by Gasteiger charge is 2.22. The molecule has 1 saturated heterocycles. The van der Waals surface area contributed by atoms with Crippen LogP contribution in [0.5, 0.6) is 0 Å². The van der Waals surface area contributed by atoms with Gasteiger partial charge in [0.2, 0.25) is 0 Å². The van der Waals surface area contributed by atoms with Crippen molar-refractivity contribution >= 4 is 32.5 Å². The molecule has 1 aromatic heterocycles. The molecule has 8 heteroatoms. The van der Waals surface area contributed by atoms with Crippen molar-refractivity contribution in [3.8, 4) is 0 Å². The third-order valence-electron chi connectivity index (χ3n) is 6.89. The standard InChI is InChI=1S/C29H32N4O3S/c1-22-6-2-7-23(20-22)21-32-16-5-17-33(19-18-32)29(34)25-11-13-26(14-12-25)31-37(35,36)27-10-3-8-24-9-4-15-30-28(24)27/h2-4,7-15,20,22,31H,5-6,16-19,21H2,1H3/t22-/m1/s1. The number of fused-ring (bicyclic) bond motifs is 1. The van der Waals surface area contributed by atoms with Crippen LogP contribution in [-0.4, -0.2) is 61.8 Å². The number of benzene rings is 2. The molecule has 1 aliphatic carbocycles. The molecule has 0 radical (unpaired) electrons. The van der Waals surface area contributed by atoms with E-state index in [1.807, 2.05) is 17.0 Å². The zero-order valence-electron chi connectivity index (χ0n) is 21.0. The van der Waals surface area contributed by atoms with Gasteiger partial charge < -0.3 is 4.90 Å². The van der Waals surface area contributed by atoms with Crippen molar-refractivity contribution in [2.45, 2.75) is 24.7 Å². The molecule has 0 spiro atoms. The molecule has 2 aromatic carbocycles. The highest BCUT2D eigenvalue weighted by atomic mass is 32.2. The monoisotopic (exact) mass is 516 g/mol. The van der Waals surface area contributed by atoms with E-state index in [2.05, 4.69) is 39.8 Å². The van der Waals surface area contributed by atoms with E-state index in [0.29, 0.717) is 35.8 Å². The number of anilines is 1. The molecule has 0 unspecified atom stereocenters. The van der Waals surface area contributed by atoms with Gasteiger partial charge in [0, 0.05) is 55.6 Å². The van der Waals surface area contributed by atoms with Gasteiger partial charge in [-0.1, -0.05) is 43.4 Å². The Morgan fingerprint density at radius 3 is 2.65 bits per heavy atom. The lowest BCUT2D eigenvalue weighted by Crippen LogP contribution is -2.35. The average molecular weight is 517 g/mol. The Morgan fingerprint density at radius 2 is 1.84 bits per heavy atom. The fourth-order valence-electron chi connectivity index (χ4n) is 4.99. The number of carbonyl (C=O) groups is 1. The molecule has 0 bridgehead atoms. The van der Waals surface area contributed by atoms with Crippen molar-refractivity contribution in [2.75, 3.05) is 37.4 Å². The third kappa shape index (κ3) is 5.92. The number of amides is 1. The summed E-state index contributed by atoms with van der Waals surface area (Å²) in [6, 6.07) is 15.3. The summed E-state index contributed by atoms with van der Waals surface area (Å²) in [7, 11) is -3.84. The summed E-state index contributed by atoms with van der Waals surface area (Å²) < 4.78 is 28.8. The van der Waals surface area contributed by atoms with Gasteiger partial charge in [0.1, 0.15) is 4.90 Å². The van der Waals surface area contributed by atoms with Gasteiger partial charge >= 0.3 is 0 Å². The van der Waals surface area contributed by atoms with Crippen LogP contribution in [0.2, 0.25) is 0 Å². The van der Waals surface area contributed by atoms with Gasteiger partial charge in [-0.15, -0.1) is 0 Å². The zero-order valence-corrected chi connectivity index (χ0v) is 21.8. The van der Waals surface area contributed by atoms with Crippen molar-refractivity contribution in [3.05, 3.63) is 90.2 Å². The van der Waals surface area contributed by atoms with E-state index in [4.69, 9.17) is 0 Å². The minimum Gasteiger partial charge on any atom is -0.337 e. The van der Waals surface area contributed by atoms with Crippen LogP contribution in [0, 0.1) is 5.92 Å². The van der Waals surface area contributed by atoms with Crippen molar-refractivity contribution in [2.24, 2.45) is 5.92 Å². The molecule has 1 aliphatic heterocycles. The molecule has 2 heterocycles. The quantitative estimate of drug-likeness (QED) is 0.513. The van der Waals surface area contributed by atoms with Gasteiger partial charge in [-0.05, 0) is 60.7 Å². The number of hydrogen-bond donors (Lipinski definition) is 1. The minimum atomic E-state index is -3.84. The SMILES string of the molecule is C[C@H]1C=C(CN2CCCN(C(=O)c3ccc(NS(=O)(=O)c4cccc5cccnc45)cc3)CC2)C=CC1. The number of hydrogen-bond acceptors (Lipinski definition) is 5. The Kier molecular flexibility index (Phi) is 7.39. The molecule has 192 valence electrons. The summed E-state index contributed by atoms with van der Waals surface area (Å²) in [5.74, 6) is 0.557. The Bertz CT molecular complexity index is 1440. The van der Waals surface area contributed by atoms with Gasteiger partial charge in [0.15, 0.2) is 0 Å². The summed E-state index contributed by atoms with van der Waals surface area (Å²) in [5.41, 5.74) is 2.73. The van der Waals surface area contributed by atoms with Gasteiger partial charge in [0.05, 0.1) is 5.52 Å². The molecule has 1 N–H and O–H groups in total. The number of para-hydroxylation sites is 1. The lowest BCUT2D eigenvalue weighted by molar-refractivity contribution is 0.0762. The molecule has 5 rings (SSSR count). The first-order valence-corrected chi connectivity index (χ1v) is 14.2. The topological polar surface area (TPSA) is 82.6 Å². The first-order valence-electron chi connectivity index (χ1n) is 12.7. The predicted octanol–water partition coefficient (Wildman–Crippen LogP) is 4.71. The molecule has 1 fully saturated rings. The van der Waals surface area contributed by atoms with Gasteiger partial charge in [-0.3, -0.25) is 19.4 Å². The van der Waals surface area contributed by atoms with E-state index in [0.717, 1.165) is 37.9 Å². The largest absolute Gasteiger partial charge is 0.337 e. The molecule has 7 nitrogen and oxygen atoms in total. The molecular weight excluding hydrogens is 484 g/mol. The first-order chi connectivity index (χ1) is 17.9. The Morgan fingerprint density at radius 1 is 1.03 bits per heavy atom. The van der Waals surface area contributed by atoms with Crippen molar-refractivity contribution in [1.82, 2.24) is 14.8 Å². The molecular formula is C29H32N4O3S. The Labute approximate surface area is 218 Å². The lowest BCUT2D eigenvalue weighted by atomic mass is 9.98. The number of rotatable bonds is 6. The van der Waals surface area contributed by atoms with Crippen molar-refractivity contribution in [3.63, 3.8) is 0 Å². The number of aromatic nitrogens is 1. The molecule has 0 saturated carbocycles. The van der Waals surface area contributed by atoms with Gasteiger partial charge in [0.25, 0.3) is 15.9 Å². The van der Waals surface area contributed by atoms with E-state index in [-0.39, 0.29) is 10.8 Å². The summed E-state index contributed by atoms with van der Waals surface area (Å²) in [6.45, 7) is 6.35. The van der Waals surface area contributed by atoms with Crippen LogP contribution in [0.25, 0.3) is 10.9 Å². The second-order valence-corrected chi connectivity index (χ2v) is 11.4. The second-order valence-electron chi connectivity index (χ2n) is 9.79. The number of nitrogens with zero attached hydrogens (tertiary/aromatic N) is 3. The highest BCUT2D eigenvalue weighted by molar-refractivity contribution is 7.93. The lowest BCUT2D eigenvalue weighted by Gasteiger charge is -2.23. The van der Waals surface area contributed by atoms with E-state index in [9.17, 15) is 13.2 Å². The van der Waals surface area contributed by atoms with E-state index >= 15 is 0 Å². The third-order valence-corrected chi connectivity index (χ3v) is 8.30. The van der Waals surface area contributed by atoms with E-state index in [1.165, 1.54) is 5.57 Å². The van der Waals surface area contributed by atoms with E-state index in [1.54, 1.807) is 48.7 Å². The summed E-state index contributed by atoms with van der Waals surface area (Å²) in [5, 5.41) is 0.754. The number of allylic oxidation sites excluding steroid dienone is 2. The normalized spacial score (nSPS) is 18.9. The van der Waals surface area contributed by atoms with Gasteiger partial charge in [-0.25, -0.2) is 8.42 Å². The number of carbonyl (C=O) groups excluding carboxylic acids is 1. The Hall–Kier alpha value is -3.49. The van der Waals surface area contributed by atoms with Crippen LogP contribution in [0.3, 0.4) is 0 Å². The molecule has 3 aromatic rings. The van der Waals surface area contributed by atoms with Crippen molar-refractivity contribution < 1.29 is 13.2 Å². The number of sulfonamides is 1. The summed E-state index contributed by atoms with van der Waals surface area (Å²) >= 11 is 0. The maximum Gasteiger partial charge on any atom is 0.264 e. The van der Waals surface area contributed by atoms with E-state index < -0.39 is 10.0 Å². The molecule has 2 aliphatic rings. The van der Waals surface area contributed by atoms with Crippen LogP contribution >= 0.6 is 0 Å².